The van der Waals surface area contributed by atoms with Gasteiger partial charge in [-0.25, -0.2) is 0 Å². The van der Waals surface area contributed by atoms with Gasteiger partial charge in [-0.15, -0.1) is 0 Å². The molecule has 2 atom stereocenters. The van der Waals surface area contributed by atoms with E-state index in [1.54, 1.807) is 0 Å². The Kier molecular flexibility index (Phi) is 5.55. The highest BCUT2D eigenvalue weighted by Gasteiger charge is 2.22. The first kappa shape index (κ1) is 15.5. The molecule has 0 saturated carbocycles. The molecule has 1 aromatic rings. The van der Waals surface area contributed by atoms with Gasteiger partial charge in [-0.05, 0) is 37.3 Å². The quantitative estimate of drug-likeness (QED) is 0.894. The molecule has 2 unspecified atom stereocenters. The van der Waals surface area contributed by atoms with Crippen molar-refractivity contribution < 1.29 is 0 Å². The van der Waals surface area contributed by atoms with Gasteiger partial charge in [-0.1, -0.05) is 26.8 Å². The summed E-state index contributed by atoms with van der Waals surface area (Å²) in [7, 11) is 0. The fourth-order valence-electron chi connectivity index (χ4n) is 2.78. The zero-order valence-corrected chi connectivity index (χ0v) is 13.4. The molecule has 0 aliphatic carbocycles. The maximum atomic E-state index is 4.63. The third-order valence-corrected chi connectivity index (χ3v) is 4.21. The molecule has 1 N–H and O–H groups in total. The van der Waals surface area contributed by atoms with E-state index in [4.69, 9.17) is 0 Å². The predicted molar refractivity (Wildman–Crippen MR) is 84.5 cm³/mol. The average molecular weight is 275 g/mol. The van der Waals surface area contributed by atoms with Gasteiger partial charge < -0.3 is 5.32 Å². The maximum absolute atomic E-state index is 4.63. The molecular weight excluding hydrogens is 246 g/mol. The summed E-state index contributed by atoms with van der Waals surface area (Å²) in [6.45, 7) is 12.1. The average Bonchev–Trinajstić information content (AvgIpc) is 2.42. The number of aromatic nitrogens is 1. The van der Waals surface area contributed by atoms with E-state index in [2.05, 4.69) is 55.0 Å². The second-order valence-corrected chi connectivity index (χ2v) is 6.65. The molecule has 1 aromatic heterocycles. The lowest BCUT2D eigenvalue weighted by Gasteiger charge is -2.36. The first-order valence-electron chi connectivity index (χ1n) is 7.96. The highest BCUT2D eigenvalue weighted by Crippen LogP contribution is 2.22. The molecule has 1 fully saturated rings. The van der Waals surface area contributed by atoms with Crippen molar-refractivity contribution in [2.24, 2.45) is 5.92 Å². The smallest absolute Gasteiger partial charge is 0.0544 e. The van der Waals surface area contributed by atoms with Crippen molar-refractivity contribution >= 4 is 0 Å². The van der Waals surface area contributed by atoms with Gasteiger partial charge in [0.2, 0.25) is 0 Å². The Morgan fingerprint density at radius 2 is 2.10 bits per heavy atom. The van der Waals surface area contributed by atoms with E-state index in [9.17, 15) is 0 Å². The van der Waals surface area contributed by atoms with Crippen molar-refractivity contribution in [2.45, 2.75) is 65.7 Å². The van der Waals surface area contributed by atoms with E-state index in [0.29, 0.717) is 12.1 Å². The maximum Gasteiger partial charge on any atom is 0.0544 e. The minimum absolute atomic E-state index is 0.519. The molecule has 0 spiro atoms. The summed E-state index contributed by atoms with van der Waals surface area (Å²) in [5.74, 6) is 0.820. The molecule has 112 valence electrons. The van der Waals surface area contributed by atoms with Crippen LogP contribution in [0.4, 0.5) is 0 Å². The van der Waals surface area contributed by atoms with E-state index in [1.165, 1.54) is 30.6 Å². The van der Waals surface area contributed by atoms with Crippen molar-refractivity contribution in [1.82, 2.24) is 15.2 Å². The minimum atomic E-state index is 0.519. The summed E-state index contributed by atoms with van der Waals surface area (Å²) in [6.07, 6.45) is 4.70. The Hall–Kier alpha value is -0.930. The van der Waals surface area contributed by atoms with Crippen LogP contribution in [0.2, 0.25) is 0 Å². The van der Waals surface area contributed by atoms with E-state index in [1.807, 2.05) is 6.20 Å². The first-order chi connectivity index (χ1) is 9.54. The zero-order valence-electron chi connectivity index (χ0n) is 13.4. The highest BCUT2D eigenvalue weighted by atomic mass is 15.2. The van der Waals surface area contributed by atoms with Crippen LogP contribution in [0, 0.1) is 5.92 Å². The van der Waals surface area contributed by atoms with Crippen LogP contribution in [0.15, 0.2) is 18.3 Å². The molecule has 20 heavy (non-hydrogen) atoms. The van der Waals surface area contributed by atoms with E-state index in [-0.39, 0.29) is 0 Å². The van der Waals surface area contributed by atoms with Gasteiger partial charge >= 0.3 is 0 Å². The van der Waals surface area contributed by atoms with Crippen molar-refractivity contribution in [2.75, 3.05) is 6.54 Å². The number of hydrogen-bond donors (Lipinski definition) is 1. The van der Waals surface area contributed by atoms with E-state index in [0.717, 1.165) is 19.0 Å². The van der Waals surface area contributed by atoms with Crippen LogP contribution in [0.3, 0.4) is 0 Å². The number of hydrogen-bond acceptors (Lipinski definition) is 3. The summed E-state index contributed by atoms with van der Waals surface area (Å²) >= 11 is 0. The molecule has 1 saturated heterocycles. The van der Waals surface area contributed by atoms with Crippen molar-refractivity contribution in [3.63, 3.8) is 0 Å². The number of nitrogens with one attached hydrogen (secondary N) is 1. The summed E-state index contributed by atoms with van der Waals surface area (Å²) < 4.78 is 0. The van der Waals surface area contributed by atoms with Crippen LogP contribution >= 0.6 is 0 Å². The fraction of sp³-hybridized carbons (Fsp3) is 0.706. The summed E-state index contributed by atoms with van der Waals surface area (Å²) in [5.41, 5.74) is 2.46. The monoisotopic (exact) mass is 275 g/mol. The third kappa shape index (κ3) is 4.57. The van der Waals surface area contributed by atoms with Gasteiger partial charge in [0.1, 0.15) is 0 Å². The highest BCUT2D eigenvalue weighted by molar-refractivity contribution is 5.14. The summed E-state index contributed by atoms with van der Waals surface area (Å²) in [5, 5.41) is 3.43. The molecule has 2 heterocycles. The molecular formula is C17H29N3. The largest absolute Gasteiger partial charge is 0.310 e. The summed E-state index contributed by atoms with van der Waals surface area (Å²) in [6, 6.07) is 5.60. The standard InChI is InChI=1S/C17H29N3/c1-13(2)18-9-16-7-8-17(19-10-16)12-20-11-14(3)5-6-15(20)4/h7-8,10,13-15,18H,5-6,9,11-12H2,1-4H3. The number of nitrogens with zero attached hydrogens (tertiary/aromatic N) is 2. The predicted octanol–water partition coefficient (Wildman–Crippen LogP) is 3.20. The molecule has 3 heteroatoms. The molecule has 2 rings (SSSR count). The second-order valence-electron chi connectivity index (χ2n) is 6.65. The van der Waals surface area contributed by atoms with Crippen LogP contribution in [-0.4, -0.2) is 28.5 Å². The van der Waals surface area contributed by atoms with Crippen LogP contribution in [0.5, 0.6) is 0 Å². The SMILES string of the molecule is CC1CCC(C)N(Cc2ccc(CNC(C)C)cn2)C1. The Bertz CT molecular complexity index is 399. The van der Waals surface area contributed by atoms with Gasteiger partial charge in [0.05, 0.1) is 5.69 Å². The first-order valence-corrected chi connectivity index (χ1v) is 7.96. The van der Waals surface area contributed by atoms with E-state index >= 15 is 0 Å². The van der Waals surface area contributed by atoms with E-state index < -0.39 is 0 Å². The lowest BCUT2D eigenvalue weighted by Crippen LogP contribution is -2.40. The van der Waals surface area contributed by atoms with Crippen molar-refractivity contribution in [3.05, 3.63) is 29.6 Å². The van der Waals surface area contributed by atoms with Crippen LogP contribution in [-0.2, 0) is 13.1 Å². The lowest BCUT2D eigenvalue weighted by atomic mass is 9.95. The van der Waals surface area contributed by atoms with Crippen LogP contribution in [0.1, 0.15) is 51.8 Å². The Morgan fingerprint density at radius 3 is 2.75 bits per heavy atom. The number of likely N-dealkylation sites (tertiary alicyclic amines) is 1. The van der Waals surface area contributed by atoms with Crippen molar-refractivity contribution in [1.29, 1.82) is 0 Å². The van der Waals surface area contributed by atoms with Gasteiger partial charge in [0.15, 0.2) is 0 Å². The molecule has 1 aliphatic heterocycles. The van der Waals surface area contributed by atoms with Gasteiger partial charge in [-0.3, -0.25) is 9.88 Å². The molecule has 0 radical (unpaired) electrons. The van der Waals surface area contributed by atoms with Gasteiger partial charge in [0, 0.05) is 37.9 Å². The molecule has 0 amide bonds. The number of rotatable bonds is 5. The topological polar surface area (TPSA) is 28.2 Å². The molecule has 1 aliphatic rings. The lowest BCUT2D eigenvalue weighted by molar-refractivity contribution is 0.116. The zero-order chi connectivity index (χ0) is 14.5. The third-order valence-electron chi connectivity index (χ3n) is 4.21. The summed E-state index contributed by atoms with van der Waals surface area (Å²) in [4.78, 5) is 7.20. The number of pyridine rings is 1. The fourth-order valence-corrected chi connectivity index (χ4v) is 2.78. The normalized spacial score (nSPS) is 24.2. The minimum Gasteiger partial charge on any atom is -0.310 e. The van der Waals surface area contributed by atoms with Crippen molar-refractivity contribution in [3.8, 4) is 0 Å². The Morgan fingerprint density at radius 1 is 1.30 bits per heavy atom. The van der Waals surface area contributed by atoms with Gasteiger partial charge in [-0.2, -0.15) is 0 Å². The molecule has 0 aromatic carbocycles. The van der Waals surface area contributed by atoms with Crippen LogP contribution < -0.4 is 5.32 Å². The molecule has 0 bridgehead atoms. The molecule has 3 nitrogen and oxygen atoms in total. The number of piperidine rings is 1. The second kappa shape index (κ2) is 7.19. The Balaban J connectivity index is 1.89. The van der Waals surface area contributed by atoms with Crippen LogP contribution in [0.25, 0.3) is 0 Å². The van der Waals surface area contributed by atoms with Gasteiger partial charge in [0.25, 0.3) is 0 Å². The Labute approximate surface area is 123 Å².